The smallest absolute Gasteiger partial charge is 0.323 e. The van der Waals surface area contributed by atoms with E-state index >= 15 is 0 Å². The van der Waals surface area contributed by atoms with E-state index < -0.39 is 0 Å². The summed E-state index contributed by atoms with van der Waals surface area (Å²) >= 11 is 0. The number of rotatable bonds is 11. The molecule has 1 fully saturated rings. The van der Waals surface area contributed by atoms with Crippen LogP contribution < -0.4 is 16.4 Å². The molecule has 8 nitrogen and oxygen atoms in total. The highest BCUT2D eigenvalue weighted by Gasteiger charge is 2.29. The van der Waals surface area contributed by atoms with Crippen LogP contribution in [0.1, 0.15) is 48.4 Å². The summed E-state index contributed by atoms with van der Waals surface area (Å²) in [6.45, 7) is 5.34. The maximum Gasteiger partial charge on any atom is 0.323 e. The van der Waals surface area contributed by atoms with Gasteiger partial charge in [-0.25, -0.2) is 4.79 Å². The van der Waals surface area contributed by atoms with Crippen LogP contribution in [-0.4, -0.2) is 54.3 Å². The van der Waals surface area contributed by atoms with Gasteiger partial charge in [-0.05, 0) is 74.1 Å². The number of aromatic nitrogens is 1. The summed E-state index contributed by atoms with van der Waals surface area (Å²) in [6.07, 6.45) is 3.90. The molecule has 3 amide bonds. The molecular weight excluding hydrogens is 538 g/mol. The Hall–Kier alpha value is -4.14. The van der Waals surface area contributed by atoms with Gasteiger partial charge in [-0.15, -0.1) is 0 Å². The number of methoxy groups -OCH3 is 1. The first-order valence-electron chi connectivity index (χ1n) is 15.2. The monoisotopic (exact) mass is 581 g/mol. The number of nitrogens with two attached hydrogens (primary N) is 1. The Labute approximate surface area is 254 Å². The molecule has 4 N–H and O–H groups in total. The van der Waals surface area contributed by atoms with Crippen LogP contribution in [0.5, 0.6) is 0 Å². The van der Waals surface area contributed by atoms with Crippen LogP contribution in [0, 0.1) is 6.92 Å². The van der Waals surface area contributed by atoms with Crippen molar-refractivity contribution in [3.05, 3.63) is 95.7 Å². The second kappa shape index (κ2) is 14.4. The third kappa shape index (κ3) is 7.63. The molecule has 5 rings (SSSR count). The quantitative estimate of drug-likeness (QED) is 0.181. The van der Waals surface area contributed by atoms with Crippen molar-refractivity contribution in [3.8, 4) is 0 Å². The number of anilines is 2. The van der Waals surface area contributed by atoms with Gasteiger partial charge < -0.3 is 30.6 Å². The number of fused-ring (bicyclic) bond motifs is 1. The van der Waals surface area contributed by atoms with Crippen molar-refractivity contribution < 1.29 is 14.3 Å². The summed E-state index contributed by atoms with van der Waals surface area (Å²) in [5.41, 5.74) is 12.9. The fourth-order valence-corrected chi connectivity index (χ4v) is 6.33. The summed E-state index contributed by atoms with van der Waals surface area (Å²) in [5.74, 6) is 0.413. The predicted octanol–water partition coefficient (Wildman–Crippen LogP) is 6.30. The van der Waals surface area contributed by atoms with Crippen molar-refractivity contribution in [2.24, 2.45) is 5.73 Å². The van der Waals surface area contributed by atoms with Crippen molar-refractivity contribution >= 4 is 34.2 Å². The molecule has 1 aliphatic heterocycles. The number of para-hydroxylation sites is 2. The molecule has 43 heavy (non-hydrogen) atoms. The number of nitrogens with zero attached hydrogens (tertiary/aromatic N) is 2. The molecule has 4 aromatic rings. The molecule has 1 aliphatic rings. The minimum Gasteiger partial charge on any atom is -0.385 e. The third-order valence-electron chi connectivity index (χ3n) is 8.34. The molecule has 2 unspecified atom stereocenters. The largest absolute Gasteiger partial charge is 0.385 e. The molecule has 8 heteroatoms. The summed E-state index contributed by atoms with van der Waals surface area (Å²) < 4.78 is 7.80. The van der Waals surface area contributed by atoms with E-state index in [9.17, 15) is 9.59 Å². The van der Waals surface area contributed by atoms with Crippen LogP contribution >= 0.6 is 0 Å². The highest BCUT2D eigenvalue weighted by Crippen LogP contribution is 2.36. The number of urea groups is 1. The topological polar surface area (TPSA) is 102 Å². The van der Waals surface area contributed by atoms with Gasteiger partial charge in [0, 0.05) is 79.7 Å². The molecular formula is C35H43N5O3. The van der Waals surface area contributed by atoms with E-state index in [0.29, 0.717) is 24.4 Å². The van der Waals surface area contributed by atoms with E-state index in [1.54, 1.807) is 7.11 Å². The van der Waals surface area contributed by atoms with Gasteiger partial charge in [-0.2, -0.15) is 0 Å². The zero-order valence-electron chi connectivity index (χ0n) is 25.2. The molecule has 226 valence electrons. The number of nitrogens with one attached hydrogen (secondary N) is 2. The lowest BCUT2D eigenvalue weighted by molar-refractivity contribution is -0.132. The number of hydrogen-bond acceptors (Lipinski definition) is 4. The molecule has 0 aliphatic carbocycles. The fourth-order valence-electron chi connectivity index (χ4n) is 6.33. The predicted molar refractivity (Wildman–Crippen MR) is 174 cm³/mol. The minimum atomic E-state index is -0.299. The molecule has 0 saturated carbocycles. The molecule has 2 atom stereocenters. The Kier molecular flexibility index (Phi) is 10.1. The number of piperidine rings is 1. The molecule has 3 aromatic carbocycles. The van der Waals surface area contributed by atoms with E-state index in [1.807, 2.05) is 59.5 Å². The highest BCUT2D eigenvalue weighted by atomic mass is 16.5. The van der Waals surface area contributed by atoms with Crippen molar-refractivity contribution in [3.63, 3.8) is 0 Å². The van der Waals surface area contributed by atoms with Crippen molar-refractivity contribution in [2.75, 3.05) is 37.4 Å². The summed E-state index contributed by atoms with van der Waals surface area (Å²) in [5, 5.41) is 6.94. The first-order valence-corrected chi connectivity index (χ1v) is 15.2. The Morgan fingerprint density at radius 1 is 0.977 bits per heavy atom. The van der Waals surface area contributed by atoms with Gasteiger partial charge in [0.2, 0.25) is 5.91 Å². The SMILES string of the molecule is COCCCn1c(C2CCCN(C(=O)CC(N)Cc3ccc(NC(=O)Nc4ccccc4)cc3)C2)c(C)c2ccccc21. The van der Waals surface area contributed by atoms with Crippen LogP contribution in [0.3, 0.4) is 0 Å². The average molecular weight is 582 g/mol. The summed E-state index contributed by atoms with van der Waals surface area (Å²) in [7, 11) is 1.75. The average Bonchev–Trinajstić information content (AvgIpc) is 3.30. The van der Waals surface area contributed by atoms with Crippen LogP contribution in [0.4, 0.5) is 16.2 Å². The number of amides is 3. The van der Waals surface area contributed by atoms with E-state index in [0.717, 1.165) is 56.8 Å². The number of likely N-dealkylation sites (tertiary alicyclic amines) is 1. The van der Waals surface area contributed by atoms with Crippen LogP contribution in [0.2, 0.25) is 0 Å². The Morgan fingerprint density at radius 3 is 2.42 bits per heavy atom. The minimum absolute atomic E-state index is 0.118. The number of aryl methyl sites for hydroxylation is 2. The molecule has 2 heterocycles. The van der Waals surface area contributed by atoms with E-state index in [2.05, 4.69) is 46.4 Å². The zero-order chi connectivity index (χ0) is 30.2. The summed E-state index contributed by atoms with van der Waals surface area (Å²) in [6, 6.07) is 24.9. The number of ether oxygens (including phenoxy) is 1. The Bertz CT molecular complexity index is 1520. The third-order valence-corrected chi connectivity index (χ3v) is 8.34. The second-order valence-corrected chi connectivity index (χ2v) is 11.5. The number of carbonyl (C=O) groups excluding carboxylic acids is 2. The van der Waals surface area contributed by atoms with Crippen LogP contribution in [-0.2, 0) is 22.5 Å². The van der Waals surface area contributed by atoms with Crippen molar-refractivity contribution in [2.45, 2.75) is 57.5 Å². The first-order chi connectivity index (χ1) is 20.9. The maximum atomic E-state index is 13.4. The van der Waals surface area contributed by atoms with E-state index in [-0.39, 0.29) is 18.0 Å². The lowest BCUT2D eigenvalue weighted by atomic mass is 9.91. The number of hydrogen-bond donors (Lipinski definition) is 3. The fraction of sp³-hybridized carbons (Fsp3) is 0.371. The van der Waals surface area contributed by atoms with Gasteiger partial charge in [0.15, 0.2) is 0 Å². The number of carbonyl (C=O) groups is 2. The lowest BCUT2D eigenvalue weighted by Crippen LogP contribution is -2.42. The van der Waals surface area contributed by atoms with Crippen LogP contribution in [0.15, 0.2) is 78.9 Å². The van der Waals surface area contributed by atoms with Crippen LogP contribution in [0.25, 0.3) is 10.9 Å². The van der Waals surface area contributed by atoms with Crippen molar-refractivity contribution in [1.29, 1.82) is 0 Å². The van der Waals surface area contributed by atoms with Gasteiger partial charge in [-0.1, -0.05) is 48.5 Å². The summed E-state index contributed by atoms with van der Waals surface area (Å²) in [4.78, 5) is 27.7. The van der Waals surface area contributed by atoms with Gasteiger partial charge in [0.1, 0.15) is 0 Å². The molecule has 1 aromatic heterocycles. The molecule has 0 radical (unpaired) electrons. The highest BCUT2D eigenvalue weighted by molar-refractivity contribution is 5.99. The molecule has 0 spiro atoms. The Morgan fingerprint density at radius 2 is 1.67 bits per heavy atom. The zero-order valence-corrected chi connectivity index (χ0v) is 25.2. The standard InChI is InChI=1S/C35H43N5O3/c1-25-31-13-6-7-14-32(31)40(20-9-21-43-2)34(25)27-10-8-19-39(24-27)33(41)23-28(36)22-26-15-17-30(18-16-26)38-35(42)37-29-11-4-3-5-12-29/h3-7,11-18,27-28H,8-10,19-24,36H2,1-2H3,(H2,37,38,42). The van der Waals surface area contributed by atoms with Crippen molar-refractivity contribution in [1.82, 2.24) is 9.47 Å². The normalized spacial score (nSPS) is 15.8. The molecule has 0 bridgehead atoms. The van der Waals surface area contributed by atoms with E-state index in [4.69, 9.17) is 10.5 Å². The lowest BCUT2D eigenvalue weighted by Gasteiger charge is -2.34. The van der Waals surface area contributed by atoms with Gasteiger partial charge >= 0.3 is 6.03 Å². The second-order valence-electron chi connectivity index (χ2n) is 11.5. The maximum absolute atomic E-state index is 13.4. The van der Waals surface area contributed by atoms with Gasteiger partial charge in [0.25, 0.3) is 0 Å². The van der Waals surface area contributed by atoms with E-state index in [1.165, 1.54) is 22.2 Å². The first kappa shape index (κ1) is 30.3. The molecule has 1 saturated heterocycles. The van der Waals surface area contributed by atoms with Gasteiger partial charge in [0.05, 0.1) is 0 Å². The Balaban J connectivity index is 1.17. The number of benzene rings is 3. The van der Waals surface area contributed by atoms with Gasteiger partial charge in [-0.3, -0.25) is 4.79 Å².